The van der Waals surface area contributed by atoms with Crippen molar-refractivity contribution in [1.82, 2.24) is 10.6 Å². The molecule has 110 valence electrons. The molecule has 1 aromatic rings. The zero-order valence-electron chi connectivity index (χ0n) is 11.4. The number of amides is 1. The summed E-state index contributed by atoms with van der Waals surface area (Å²) in [6, 6.07) is 8.49. The van der Waals surface area contributed by atoms with Crippen LogP contribution in [0.4, 0.5) is 0 Å². The molecule has 2 unspecified atom stereocenters. The van der Waals surface area contributed by atoms with Crippen molar-refractivity contribution in [2.24, 2.45) is 0 Å². The number of carbonyl (C=O) groups is 1. The highest BCUT2D eigenvalue weighted by Gasteiger charge is 2.23. The molecule has 2 aliphatic heterocycles. The van der Waals surface area contributed by atoms with Gasteiger partial charge in [0.15, 0.2) is 0 Å². The molecule has 2 atom stereocenters. The molecule has 0 radical (unpaired) electrons. The van der Waals surface area contributed by atoms with Crippen molar-refractivity contribution in [3.05, 3.63) is 29.8 Å². The molecule has 1 saturated heterocycles. The van der Waals surface area contributed by atoms with Crippen LogP contribution in [0.25, 0.3) is 0 Å². The number of halogens is 1. The average molecular weight is 297 g/mol. The first-order valence-corrected chi connectivity index (χ1v) is 7.05. The summed E-state index contributed by atoms with van der Waals surface area (Å²) < 4.78 is 5.68. The van der Waals surface area contributed by atoms with E-state index in [0.717, 1.165) is 25.1 Å². The van der Waals surface area contributed by atoms with Crippen LogP contribution in [0.3, 0.4) is 0 Å². The molecule has 2 aliphatic rings. The number of carbonyl (C=O) groups excluding carboxylic acids is 1. The second-order valence-electron chi connectivity index (χ2n) is 5.38. The summed E-state index contributed by atoms with van der Waals surface area (Å²) >= 11 is 0. The largest absolute Gasteiger partial charge is 0.491 e. The van der Waals surface area contributed by atoms with E-state index in [4.69, 9.17) is 4.74 Å². The lowest BCUT2D eigenvalue weighted by molar-refractivity contribution is -0.122. The minimum Gasteiger partial charge on any atom is -0.491 e. The van der Waals surface area contributed by atoms with Gasteiger partial charge in [-0.1, -0.05) is 18.2 Å². The minimum absolute atomic E-state index is 0. The molecule has 2 heterocycles. The lowest BCUT2D eigenvalue weighted by Crippen LogP contribution is -2.44. The van der Waals surface area contributed by atoms with Crippen LogP contribution in [-0.4, -0.2) is 31.1 Å². The third-order valence-corrected chi connectivity index (χ3v) is 3.84. The third-order valence-electron chi connectivity index (χ3n) is 3.84. The van der Waals surface area contributed by atoms with Gasteiger partial charge in [0.2, 0.25) is 5.91 Å². The summed E-state index contributed by atoms with van der Waals surface area (Å²) in [6.07, 6.45) is 3.73. The molecule has 2 N–H and O–H groups in total. The van der Waals surface area contributed by atoms with Crippen LogP contribution >= 0.6 is 12.4 Å². The fourth-order valence-corrected chi connectivity index (χ4v) is 2.86. The molecule has 3 rings (SSSR count). The number of nitrogens with one attached hydrogen (secondary N) is 2. The number of ether oxygens (including phenoxy) is 1. The molecule has 0 aliphatic carbocycles. The van der Waals surface area contributed by atoms with E-state index in [2.05, 4.69) is 16.7 Å². The number of benzene rings is 1. The fourth-order valence-electron chi connectivity index (χ4n) is 2.86. The van der Waals surface area contributed by atoms with Gasteiger partial charge in [-0.25, -0.2) is 0 Å². The number of hydrogen-bond acceptors (Lipinski definition) is 3. The molecule has 0 spiro atoms. The Bertz CT molecular complexity index is 461. The Morgan fingerprint density at radius 3 is 3.05 bits per heavy atom. The summed E-state index contributed by atoms with van der Waals surface area (Å²) in [5.41, 5.74) is 1.18. The lowest BCUT2D eigenvalue weighted by atomic mass is 10.0. The third kappa shape index (κ3) is 3.64. The van der Waals surface area contributed by atoms with Crippen LogP contribution in [-0.2, 0) is 11.2 Å². The molecule has 1 amide bonds. The van der Waals surface area contributed by atoms with Gasteiger partial charge in [0.25, 0.3) is 0 Å². The fraction of sp³-hybridized carbons (Fsp3) is 0.533. The molecule has 0 aromatic heterocycles. The number of para-hydroxylation sites is 1. The molecule has 1 fully saturated rings. The highest BCUT2D eigenvalue weighted by Crippen LogP contribution is 2.23. The zero-order valence-corrected chi connectivity index (χ0v) is 12.2. The van der Waals surface area contributed by atoms with Gasteiger partial charge in [0, 0.05) is 12.5 Å². The van der Waals surface area contributed by atoms with E-state index in [0.29, 0.717) is 19.1 Å². The van der Waals surface area contributed by atoms with Crippen molar-refractivity contribution >= 4 is 18.3 Å². The SMILES string of the molecule is Cl.O=C(CC1CCCN1)NC1COc2ccccc2C1. The van der Waals surface area contributed by atoms with Crippen molar-refractivity contribution in [2.45, 2.75) is 37.8 Å². The Morgan fingerprint density at radius 1 is 1.40 bits per heavy atom. The second kappa shape index (κ2) is 6.95. The maximum atomic E-state index is 12.0. The number of rotatable bonds is 3. The minimum atomic E-state index is 0. The second-order valence-corrected chi connectivity index (χ2v) is 5.38. The Morgan fingerprint density at radius 2 is 2.25 bits per heavy atom. The van der Waals surface area contributed by atoms with Crippen molar-refractivity contribution in [3.8, 4) is 5.75 Å². The van der Waals surface area contributed by atoms with E-state index in [-0.39, 0.29) is 24.4 Å². The zero-order chi connectivity index (χ0) is 13.1. The first kappa shape index (κ1) is 15.1. The molecular formula is C15H21ClN2O2. The summed E-state index contributed by atoms with van der Waals surface area (Å²) in [7, 11) is 0. The normalized spacial score (nSPS) is 24.2. The van der Waals surface area contributed by atoms with E-state index in [1.807, 2.05) is 18.2 Å². The molecular weight excluding hydrogens is 276 g/mol. The molecule has 0 bridgehead atoms. The highest BCUT2D eigenvalue weighted by molar-refractivity contribution is 5.85. The topological polar surface area (TPSA) is 50.4 Å². The van der Waals surface area contributed by atoms with Crippen LogP contribution < -0.4 is 15.4 Å². The van der Waals surface area contributed by atoms with Crippen LogP contribution in [0.1, 0.15) is 24.8 Å². The first-order valence-electron chi connectivity index (χ1n) is 7.05. The maximum absolute atomic E-state index is 12.0. The van der Waals surface area contributed by atoms with Crippen LogP contribution in [0, 0.1) is 0 Å². The van der Waals surface area contributed by atoms with Crippen molar-refractivity contribution < 1.29 is 9.53 Å². The van der Waals surface area contributed by atoms with Gasteiger partial charge in [0.05, 0.1) is 6.04 Å². The highest BCUT2D eigenvalue weighted by atomic mass is 35.5. The van der Waals surface area contributed by atoms with E-state index in [1.165, 1.54) is 12.0 Å². The molecule has 1 aromatic carbocycles. The average Bonchev–Trinajstić information content (AvgIpc) is 2.91. The van der Waals surface area contributed by atoms with Crippen LogP contribution in [0.15, 0.2) is 24.3 Å². The molecule has 0 saturated carbocycles. The van der Waals surface area contributed by atoms with Gasteiger partial charge in [-0.2, -0.15) is 0 Å². The Hall–Kier alpha value is -1.26. The lowest BCUT2D eigenvalue weighted by Gasteiger charge is -2.26. The predicted octanol–water partition coefficient (Wildman–Crippen LogP) is 1.67. The smallest absolute Gasteiger partial charge is 0.221 e. The summed E-state index contributed by atoms with van der Waals surface area (Å²) in [4.78, 5) is 12.0. The van der Waals surface area contributed by atoms with Crippen molar-refractivity contribution in [3.63, 3.8) is 0 Å². The van der Waals surface area contributed by atoms with Gasteiger partial charge in [-0.3, -0.25) is 4.79 Å². The standard InChI is InChI=1S/C15H20N2O2.ClH/c18-15(9-12-5-3-7-16-12)17-13-8-11-4-1-2-6-14(11)19-10-13;/h1-2,4,6,12-13,16H,3,5,7-10H2,(H,17,18);1H. The van der Waals surface area contributed by atoms with Crippen LogP contribution in [0.5, 0.6) is 5.75 Å². The van der Waals surface area contributed by atoms with Gasteiger partial charge in [0.1, 0.15) is 12.4 Å². The first-order chi connectivity index (χ1) is 9.31. The van der Waals surface area contributed by atoms with E-state index in [9.17, 15) is 4.79 Å². The predicted molar refractivity (Wildman–Crippen MR) is 80.5 cm³/mol. The van der Waals surface area contributed by atoms with E-state index >= 15 is 0 Å². The van der Waals surface area contributed by atoms with Gasteiger partial charge >= 0.3 is 0 Å². The number of hydrogen-bond donors (Lipinski definition) is 2. The Labute approximate surface area is 125 Å². The van der Waals surface area contributed by atoms with Gasteiger partial charge in [-0.05, 0) is 37.4 Å². The molecule has 4 nitrogen and oxygen atoms in total. The molecule has 5 heteroatoms. The Balaban J connectivity index is 0.00000147. The monoisotopic (exact) mass is 296 g/mol. The van der Waals surface area contributed by atoms with E-state index < -0.39 is 0 Å². The quantitative estimate of drug-likeness (QED) is 0.892. The van der Waals surface area contributed by atoms with Crippen molar-refractivity contribution in [1.29, 1.82) is 0 Å². The van der Waals surface area contributed by atoms with E-state index in [1.54, 1.807) is 0 Å². The molecule has 20 heavy (non-hydrogen) atoms. The van der Waals surface area contributed by atoms with Gasteiger partial charge < -0.3 is 15.4 Å². The van der Waals surface area contributed by atoms with Crippen molar-refractivity contribution in [2.75, 3.05) is 13.2 Å². The summed E-state index contributed by atoms with van der Waals surface area (Å²) in [5, 5.41) is 6.43. The summed E-state index contributed by atoms with van der Waals surface area (Å²) in [6.45, 7) is 1.61. The summed E-state index contributed by atoms with van der Waals surface area (Å²) in [5.74, 6) is 1.08. The maximum Gasteiger partial charge on any atom is 0.221 e. The number of fused-ring (bicyclic) bond motifs is 1. The Kier molecular flexibility index (Phi) is 5.26. The van der Waals surface area contributed by atoms with Gasteiger partial charge in [-0.15, -0.1) is 12.4 Å². The van der Waals surface area contributed by atoms with Crippen LogP contribution in [0.2, 0.25) is 0 Å².